The van der Waals surface area contributed by atoms with Crippen molar-refractivity contribution >= 4 is 5.69 Å². The van der Waals surface area contributed by atoms with Gasteiger partial charge in [0.1, 0.15) is 0 Å². The molecule has 1 aromatic rings. The Kier molecular flexibility index (Phi) is 6.93. The summed E-state index contributed by atoms with van der Waals surface area (Å²) in [6.45, 7) is 5.88. The molecule has 112 valence electrons. The maximum Gasteiger partial charge on any atom is 0.0366 e. The fraction of sp³-hybridized carbons (Fsp3) is 0.667. The Morgan fingerprint density at radius 2 is 1.75 bits per heavy atom. The standard InChI is InChI=1S/C18H30N2/c1-2-3-15-20(18-10-6-4-7-11-18)16-9-5-8-14-19-17-12-13-17/h4,6-7,10-11,17,19H,2-3,5,8-9,12-16H2,1H3. The molecule has 1 aliphatic carbocycles. The summed E-state index contributed by atoms with van der Waals surface area (Å²) in [6.07, 6.45) is 9.34. The molecule has 0 saturated heterocycles. The molecule has 1 aliphatic rings. The second-order valence-corrected chi connectivity index (χ2v) is 5.97. The van der Waals surface area contributed by atoms with Crippen LogP contribution >= 0.6 is 0 Å². The predicted molar refractivity (Wildman–Crippen MR) is 88.4 cm³/mol. The molecule has 2 heteroatoms. The summed E-state index contributed by atoms with van der Waals surface area (Å²) in [5.41, 5.74) is 1.39. The van der Waals surface area contributed by atoms with Gasteiger partial charge in [0.15, 0.2) is 0 Å². The van der Waals surface area contributed by atoms with Gasteiger partial charge in [-0.3, -0.25) is 0 Å². The molecule has 0 radical (unpaired) electrons. The summed E-state index contributed by atoms with van der Waals surface area (Å²) in [4.78, 5) is 2.55. The molecule has 20 heavy (non-hydrogen) atoms. The molecule has 0 unspecified atom stereocenters. The van der Waals surface area contributed by atoms with Crippen molar-refractivity contribution < 1.29 is 0 Å². The molecule has 2 nitrogen and oxygen atoms in total. The number of hydrogen-bond donors (Lipinski definition) is 1. The number of nitrogens with zero attached hydrogens (tertiary/aromatic N) is 1. The first kappa shape index (κ1) is 15.4. The lowest BCUT2D eigenvalue weighted by Crippen LogP contribution is -2.25. The first-order valence-electron chi connectivity index (χ1n) is 8.43. The maximum atomic E-state index is 3.60. The predicted octanol–water partition coefficient (Wildman–Crippen LogP) is 4.22. The van der Waals surface area contributed by atoms with Crippen LogP contribution in [0.5, 0.6) is 0 Å². The molecule has 1 fully saturated rings. The van der Waals surface area contributed by atoms with Crippen LogP contribution < -0.4 is 10.2 Å². The van der Waals surface area contributed by atoms with Crippen LogP contribution in [0.1, 0.15) is 51.9 Å². The average Bonchev–Trinajstić information content (AvgIpc) is 3.31. The van der Waals surface area contributed by atoms with Crippen LogP contribution in [-0.2, 0) is 0 Å². The van der Waals surface area contributed by atoms with Crippen molar-refractivity contribution in [2.75, 3.05) is 24.5 Å². The van der Waals surface area contributed by atoms with Gasteiger partial charge in [-0.05, 0) is 50.8 Å². The Hall–Kier alpha value is -1.02. The Balaban J connectivity index is 1.64. The normalized spacial score (nSPS) is 14.4. The van der Waals surface area contributed by atoms with Gasteiger partial charge in [-0.1, -0.05) is 38.0 Å². The van der Waals surface area contributed by atoms with Gasteiger partial charge in [0, 0.05) is 24.8 Å². The van der Waals surface area contributed by atoms with E-state index in [1.165, 1.54) is 70.3 Å². The summed E-state index contributed by atoms with van der Waals surface area (Å²) in [5, 5.41) is 3.60. The Morgan fingerprint density at radius 3 is 2.45 bits per heavy atom. The summed E-state index contributed by atoms with van der Waals surface area (Å²) in [5.74, 6) is 0. The summed E-state index contributed by atoms with van der Waals surface area (Å²) < 4.78 is 0. The van der Waals surface area contributed by atoms with E-state index in [0.29, 0.717) is 0 Å². The van der Waals surface area contributed by atoms with Crippen LogP contribution in [0.4, 0.5) is 5.69 Å². The van der Waals surface area contributed by atoms with E-state index in [1.54, 1.807) is 0 Å². The second-order valence-electron chi connectivity index (χ2n) is 5.97. The van der Waals surface area contributed by atoms with E-state index in [4.69, 9.17) is 0 Å². The lowest BCUT2D eigenvalue weighted by molar-refractivity contribution is 0.589. The number of anilines is 1. The van der Waals surface area contributed by atoms with Crippen molar-refractivity contribution in [3.63, 3.8) is 0 Å². The van der Waals surface area contributed by atoms with Gasteiger partial charge in [-0.2, -0.15) is 0 Å². The van der Waals surface area contributed by atoms with Crippen LogP contribution in [0.25, 0.3) is 0 Å². The Morgan fingerprint density at radius 1 is 1.00 bits per heavy atom. The molecule has 1 aromatic carbocycles. The van der Waals surface area contributed by atoms with Gasteiger partial charge in [-0.15, -0.1) is 0 Å². The van der Waals surface area contributed by atoms with Crippen LogP contribution in [0.2, 0.25) is 0 Å². The molecule has 1 N–H and O–H groups in total. The smallest absolute Gasteiger partial charge is 0.0366 e. The zero-order valence-electron chi connectivity index (χ0n) is 13.0. The second kappa shape index (κ2) is 9.02. The highest BCUT2D eigenvalue weighted by Crippen LogP contribution is 2.18. The third-order valence-corrected chi connectivity index (χ3v) is 4.02. The van der Waals surface area contributed by atoms with Gasteiger partial charge in [0.05, 0.1) is 0 Å². The van der Waals surface area contributed by atoms with E-state index in [9.17, 15) is 0 Å². The third-order valence-electron chi connectivity index (χ3n) is 4.02. The van der Waals surface area contributed by atoms with E-state index in [0.717, 1.165) is 6.04 Å². The van der Waals surface area contributed by atoms with E-state index in [1.807, 2.05) is 0 Å². The topological polar surface area (TPSA) is 15.3 Å². The minimum Gasteiger partial charge on any atom is -0.372 e. The lowest BCUT2D eigenvalue weighted by Gasteiger charge is -2.24. The van der Waals surface area contributed by atoms with Crippen molar-refractivity contribution in [1.29, 1.82) is 0 Å². The first-order chi connectivity index (χ1) is 9.90. The van der Waals surface area contributed by atoms with Gasteiger partial charge in [0.25, 0.3) is 0 Å². The van der Waals surface area contributed by atoms with Crippen LogP contribution in [-0.4, -0.2) is 25.7 Å². The van der Waals surface area contributed by atoms with Crippen molar-refractivity contribution in [2.45, 2.75) is 57.9 Å². The van der Waals surface area contributed by atoms with E-state index < -0.39 is 0 Å². The van der Waals surface area contributed by atoms with Gasteiger partial charge in [-0.25, -0.2) is 0 Å². The van der Waals surface area contributed by atoms with Crippen LogP contribution in [0.3, 0.4) is 0 Å². The fourth-order valence-electron chi connectivity index (χ4n) is 2.56. The fourth-order valence-corrected chi connectivity index (χ4v) is 2.56. The number of para-hydroxylation sites is 1. The summed E-state index contributed by atoms with van der Waals surface area (Å²) >= 11 is 0. The minimum absolute atomic E-state index is 0.861. The molecular weight excluding hydrogens is 244 g/mol. The molecule has 0 spiro atoms. The number of unbranched alkanes of at least 4 members (excludes halogenated alkanes) is 3. The number of nitrogens with one attached hydrogen (secondary N) is 1. The van der Waals surface area contributed by atoms with Crippen molar-refractivity contribution in [3.05, 3.63) is 30.3 Å². The van der Waals surface area contributed by atoms with E-state index in [-0.39, 0.29) is 0 Å². The Bertz CT molecular complexity index is 346. The molecule has 1 saturated carbocycles. The molecule has 0 heterocycles. The van der Waals surface area contributed by atoms with Gasteiger partial charge >= 0.3 is 0 Å². The summed E-state index contributed by atoms with van der Waals surface area (Å²) in [7, 11) is 0. The Labute approximate surface area is 124 Å². The van der Waals surface area contributed by atoms with Crippen molar-refractivity contribution in [2.24, 2.45) is 0 Å². The summed E-state index contributed by atoms with van der Waals surface area (Å²) in [6, 6.07) is 11.7. The number of rotatable bonds is 11. The maximum absolute atomic E-state index is 3.60. The number of benzene rings is 1. The highest BCUT2D eigenvalue weighted by Gasteiger charge is 2.19. The highest BCUT2D eigenvalue weighted by molar-refractivity contribution is 5.45. The zero-order chi connectivity index (χ0) is 14.0. The molecule has 0 aliphatic heterocycles. The zero-order valence-corrected chi connectivity index (χ0v) is 13.0. The van der Waals surface area contributed by atoms with E-state index in [2.05, 4.69) is 47.5 Å². The van der Waals surface area contributed by atoms with Gasteiger partial charge < -0.3 is 10.2 Å². The molecule has 0 aromatic heterocycles. The van der Waals surface area contributed by atoms with Crippen molar-refractivity contribution in [3.8, 4) is 0 Å². The van der Waals surface area contributed by atoms with Gasteiger partial charge in [0.2, 0.25) is 0 Å². The molecule has 0 atom stereocenters. The molecule has 2 rings (SSSR count). The van der Waals surface area contributed by atoms with Crippen molar-refractivity contribution in [1.82, 2.24) is 5.32 Å². The third kappa shape index (κ3) is 5.96. The first-order valence-corrected chi connectivity index (χ1v) is 8.43. The number of hydrogen-bond acceptors (Lipinski definition) is 2. The monoisotopic (exact) mass is 274 g/mol. The largest absolute Gasteiger partial charge is 0.372 e. The molecular formula is C18H30N2. The minimum atomic E-state index is 0.861. The SMILES string of the molecule is CCCCN(CCCCCNC1CC1)c1ccccc1. The molecule has 0 amide bonds. The molecule has 0 bridgehead atoms. The highest BCUT2D eigenvalue weighted by atomic mass is 15.1. The van der Waals surface area contributed by atoms with Crippen LogP contribution in [0.15, 0.2) is 30.3 Å². The lowest BCUT2D eigenvalue weighted by atomic mass is 10.2. The van der Waals surface area contributed by atoms with Crippen LogP contribution in [0, 0.1) is 0 Å². The van der Waals surface area contributed by atoms with E-state index >= 15 is 0 Å². The average molecular weight is 274 g/mol. The quantitative estimate of drug-likeness (QED) is 0.608.